The first-order valence-electron chi connectivity index (χ1n) is 13.4. The zero-order valence-electron chi connectivity index (χ0n) is 22.4. The second-order valence-electron chi connectivity index (χ2n) is 10.3. The average molecular weight is 636 g/mol. The summed E-state index contributed by atoms with van der Waals surface area (Å²) in [4.78, 5) is 54.5. The molecule has 3 amide bonds. The van der Waals surface area contributed by atoms with E-state index in [0.29, 0.717) is 20.5 Å². The largest absolute Gasteiger partial charge is 0.469 e. The Bertz CT molecular complexity index is 2020. The van der Waals surface area contributed by atoms with Gasteiger partial charge in [-0.25, -0.2) is 4.90 Å². The Hall–Kier alpha value is -4.62. The first-order valence-corrected chi connectivity index (χ1v) is 15.1. The second-order valence-corrected chi connectivity index (χ2v) is 12.4. The van der Waals surface area contributed by atoms with Gasteiger partial charge in [0.05, 0.1) is 39.3 Å². The summed E-state index contributed by atoms with van der Waals surface area (Å²) in [6, 6.07) is 20.6. The van der Waals surface area contributed by atoms with Crippen molar-refractivity contribution in [1.82, 2.24) is 4.57 Å². The predicted octanol–water partition coefficient (Wildman–Crippen LogP) is 6.11. The highest BCUT2D eigenvalue weighted by Crippen LogP contribution is 2.54. The molecule has 1 N–H and O–H groups in total. The number of furan rings is 1. The van der Waals surface area contributed by atoms with Crippen molar-refractivity contribution in [2.45, 2.75) is 28.9 Å². The monoisotopic (exact) mass is 635 g/mol. The normalized spacial score (nSPS) is 19.7. The number of amides is 3. The summed E-state index contributed by atoms with van der Waals surface area (Å²) in [7, 11) is 0. The summed E-state index contributed by atoms with van der Waals surface area (Å²) in [5.74, 6) is -3.93. The summed E-state index contributed by atoms with van der Waals surface area (Å²) >= 11 is 1.72. The minimum absolute atomic E-state index is 0.280. The van der Waals surface area contributed by atoms with E-state index in [9.17, 15) is 32.3 Å². The van der Waals surface area contributed by atoms with Gasteiger partial charge in [-0.05, 0) is 47.2 Å². The lowest BCUT2D eigenvalue weighted by Crippen LogP contribution is -2.33. The van der Waals surface area contributed by atoms with Crippen molar-refractivity contribution < 1.29 is 32.0 Å². The van der Waals surface area contributed by atoms with Crippen LogP contribution >= 0.6 is 23.1 Å². The molecule has 3 unspecified atom stereocenters. The fraction of sp³-hybridized carbons (Fsp3) is 0.161. The standard InChI is InChI=1S/C31H20F3N3O5S2/c32-31(33,34)19-8-3-4-9-20(19)37-27(39)24-23(21-10-5-13-42-21)26-29(43-25(24)28(37)40)36(30(41)44-26)15-22(38)35-18-12-11-16-6-1-2-7-17(16)14-18/h1-14,23-25H,15H2,(H,35,38). The smallest absolute Gasteiger partial charge is 0.418 e. The predicted molar refractivity (Wildman–Crippen MR) is 159 cm³/mol. The van der Waals surface area contributed by atoms with Gasteiger partial charge in [0.1, 0.15) is 17.6 Å². The minimum atomic E-state index is -4.81. The number of nitrogens with zero attached hydrogens (tertiary/aromatic N) is 2. The van der Waals surface area contributed by atoms with Crippen LogP contribution in [0.25, 0.3) is 10.8 Å². The van der Waals surface area contributed by atoms with E-state index in [-0.39, 0.29) is 12.3 Å². The van der Waals surface area contributed by atoms with Crippen LogP contribution in [0.15, 0.2) is 99.4 Å². The van der Waals surface area contributed by atoms with Crippen LogP contribution in [0.1, 0.15) is 22.1 Å². The van der Waals surface area contributed by atoms with Crippen LogP contribution in [0.4, 0.5) is 24.5 Å². The van der Waals surface area contributed by atoms with Gasteiger partial charge in [0.15, 0.2) is 0 Å². The summed E-state index contributed by atoms with van der Waals surface area (Å²) in [5.41, 5.74) is -1.14. The van der Waals surface area contributed by atoms with Gasteiger partial charge in [-0.15, -0.1) is 0 Å². The molecule has 13 heteroatoms. The Labute approximate surface area is 255 Å². The highest BCUT2D eigenvalue weighted by atomic mass is 32.2. The molecule has 3 aromatic carbocycles. The van der Waals surface area contributed by atoms with Crippen LogP contribution in [0.3, 0.4) is 0 Å². The van der Waals surface area contributed by atoms with E-state index in [1.165, 1.54) is 23.0 Å². The molecule has 5 aromatic rings. The Morgan fingerprint density at radius 2 is 1.66 bits per heavy atom. The van der Waals surface area contributed by atoms with Crippen molar-refractivity contribution >= 4 is 63.0 Å². The van der Waals surface area contributed by atoms with Gasteiger partial charge < -0.3 is 9.73 Å². The number of imide groups is 1. The molecular formula is C31H20F3N3O5S2. The molecular weight excluding hydrogens is 615 g/mol. The van der Waals surface area contributed by atoms with Crippen molar-refractivity contribution in [2.24, 2.45) is 5.92 Å². The zero-order chi connectivity index (χ0) is 30.7. The maximum absolute atomic E-state index is 13.9. The number of thioether (sulfide) groups is 1. The number of carbonyl (C=O) groups excluding carboxylic acids is 3. The van der Waals surface area contributed by atoms with Crippen LogP contribution < -0.4 is 15.1 Å². The van der Waals surface area contributed by atoms with Crippen LogP contribution in [0, 0.1) is 5.92 Å². The lowest BCUT2D eigenvalue weighted by molar-refractivity contribution is -0.137. The molecule has 1 saturated heterocycles. The fourth-order valence-corrected chi connectivity index (χ4v) is 8.54. The average Bonchev–Trinajstić information content (AvgIpc) is 3.69. The first-order chi connectivity index (χ1) is 21.1. The van der Waals surface area contributed by atoms with E-state index in [2.05, 4.69) is 5.32 Å². The van der Waals surface area contributed by atoms with Gasteiger partial charge in [-0.1, -0.05) is 65.6 Å². The Kier molecular flexibility index (Phi) is 6.74. The maximum atomic E-state index is 13.9. The third-order valence-electron chi connectivity index (χ3n) is 7.68. The van der Waals surface area contributed by atoms with Crippen LogP contribution in [0.5, 0.6) is 0 Å². The third-order valence-corrected chi connectivity index (χ3v) is 10.3. The summed E-state index contributed by atoms with van der Waals surface area (Å²) in [6.45, 7) is -0.379. The van der Waals surface area contributed by atoms with Gasteiger partial charge in [0, 0.05) is 5.69 Å². The van der Waals surface area contributed by atoms with E-state index in [0.717, 1.165) is 46.0 Å². The number of rotatable bonds is 5. The van der Waals surface area contributed by atoms with E-state index in [4.69, 9.17) is 4.42 Å². The Morgan fingerprint density at radius 1 is 0.909 bits per heavy atom. The minimum Gasteiger partial charge on any atom is -0.469 e. The van der Waals surface area contributed by atoms with E-state index >= 15 is 0 Å². The molecule has 3 atom stereocenters. The van der Waals surface area contributed by atoms with E-state index < -0.39 is 57.1 Å². The second kappa shape index (κ2) is 10.5. The van der Waals surface area contributed by atoms with Gasteiger partial charge in [-0.3, -0.25) is 23.7 Å². The number of alkyl halides is 3. The SMILES string of the molecule is O=C(Cn1c2c(sc1=O)C(c1ccco1)C1C(=O)N(c3ccccc3C(F)(F)F)C(=O)C1S2)Nc1ccc2ccccc2c1. The molecule has 4 heterocycles. The van der Waals surface area contributed by atoms with Crippen molar-refractivity contribution in [3.05, 3.63) is 111 Å². The van der Waals surface area contributed by atoms with Crippen molar-refractivity contribution in [1.29, 1.82) is 0 Å². The lowest BCUT2D eigenvalue weighted by Gasteiger charge is -2.29. The molecule has 1 fully saturated rings. The number of thiazole rings is 1. The zero-order valence-corrected chi connectivity index (χ0v) is 24.0. The molecule has 8 nitrogen and oxygen atoms in total. The molecule has 0 bridgehead atoms. The van der Waals surface area contributed by atoms with Gasteiger partial charge >= 0.3 is 11.0 Å². The Morgan fingerprint density at radius 3 is 2.41 bits per heavy atom. The number of benzene rings is 3. The molecule has 2 aliphatic rings. The first kappa shape index (κ1) is 28.2. The van der Waals surface area contributed by atoms with Crippen LogP contribution in [-0.2, 0) is 27.1 Å². The number of hydrogen-bond acceptors (Lipinski definition) is 7. The Balaban J connectivity index is 1.25. The topological polar surface area (TPSA) is 102 Å². The number of aromatic nitrogens is 1. The highest BCUT2D eigenvalue weighted by molar-refractivity contribution is 8.00. The van der Waals surface area contributed by atoms with Crippen LogP contribution in [-0.4, -0.2) is 27.5 Å². The van der Waals surface area contributed by atoms with E-state index in [1.54, 1.807) is 18.2 Å². The molecule has 0 spiro atoms. The van der Waals surface area contributed by atoms with Crippen molar-refractivity contribution in [3.8, 4) is 0 Å². The number of anilines is 2. The van der Waals surface area contributed by atoms with Gasteiger partial charge in [-0.2, -0.15) is 13.2 Å². The lowest BCUT2D eigenvalue weighted by atomic mass is 9.86. The van der Waals surface area contributed by atoms with Crippen molar-refractivity contribution in [3.63, 3.8) is 0 Å². The molecule has 2 aliphatic heterocycles. The van der Waals surface area contributed by atoms with Gasteiger partial charge in [0.25, 0.3) is 0 Å². The molecule has 0 radical (unpaired) electrons. The number of carbonyl (C=O) groups is 3. The summed E-state index contributed by atoms with van der Waals surface area (Å²) in [5, 5.41) is 3.84. The summed E-state index contributed by atoms with van der Waals surface area (Å²) in [6.07, 6.45) is -3.43. The quantitative estimate of drug-likeness (QED) is 0.234. The third kappa shape index (κ3) is 4.63. The number of fused-ring (bicyclic) bond motifs is 3. The molecule has 0 aliphatic carbocycles. The number of halogens is 3. The van der Waals surface area contributed by atoms with Crippen LogP contribution in [0.2, 0.25) is 0 Å². The number of hydrogen-bond donors (Lipinski definition) is 1. The molecule has 7 rings (SSSR count). The highest BCUT2D eigenvalue weighted by Gasteiger charge is 2.58. The van der Waals surface area contributed by atoms with Crippen molar-refractivity contribution in [2.75, 3.05) is 10.2 Å². The van der Waals surface area contributed by atoms with E-state index in [1.807, 2.05) is 36.4 Å². The molecule has 44 heavy (non-hydrogen) atoms. The molecule has 2 aromatic heterocycles. The number of nitrogens with one attached hydrogen (secondary N) is 1. The number of para-hydroxylation sites is 1. The fourth-order valence-electron chi connectivity index (χ4n) is 5.79. The van der Waals surface area contributed by atoms with Gasteiger partial charge in [0.2, 0.25) is 17.7 Å². The maximum Gasteiger partial charge on any atom is 0.418 e. The molecule has 222 valence electrons. The molecule has 0 saturated carbocycles. The summed E-state index contributed by atoms with van der Waals surface area (Å²) < 4.78 is 48.6.